The zero-order chi connectivity index (χ0) is 9.40. The molecular weight excluding hydrogens is 164 g/mol. The molecule has 0 unspecified atom stereocenters. The van der Waals surface area contributed by atoms with Crippen molar-refractivity contribution in [2.45, 2.75) is 6.42 Å². The highest BCUT2D eigenvalue weighted by Crippen LogP contribution is 1.86. The molecule has 1 N–H and O–H groups in total. The van der Waals surface area contributed by atoms with Gasteiger partial charge in [-0.25, -0.2) is 0 Å². The maximum atomic E-state index is 10.5. The van der Waals surface area contributed by atoms with Crippen molar-refractivity contribution >= 4 is 11.9 Å². The van der Waals surface area contributed by atoms with Gasteiger partial charge in [0.25, 0.3) is 0 Å². The maximum absolute atomic E-state index is 10.5. The molecule has 0 aliphatic rings. The molecule has 0 aliphatic carbocycles. The molecule has 0 atom stereocenters. The predicted molar refractivity (Wildman–Crippen MR) is 39.4 cm³/mol. The fourth-order valence-electron chi connectivity index (χ4n) is 0.461. The van der Waals surface area contributed by atoms with Gasteiger partial charge in [-0.05, 0) is 0 Å². The number of ether oxygens (including phenoxy) is 2. The second kappa shape index (κ2) is 6.21. The van der Waals surface area contributed by atoms with E-state index in [2.05, 4.69) is 16.1 Å². The highest BCUT2D eigenvalue weighted by atomic mass is 16.6. The van der Waals surface area contributed by atoms with Gasteiger partial charge in [0.15, 0.2) is 0 Å². The largest absolute Gasteiger partial charge is 0.498 e. The lowest BCUT2D eigenvalue weighted by molar-refractivity contribution is -0.151. The van der Waals surface area contributed by atoms with Gasteiger partial charge in [-0.3, -0.25) is 9.59 Å². The van der Waals surface area contributed by atoms with Gasteiger partial charge in [-0.1, -0.05) is 6.58 Å². The van der Waals surface area contributed by atoms with Crippen molar-refractivity contribution in [3.8, 4) is 0 Å². The lowest BCUT2D eigenvalue weighted by Gasteiger charge is -2.01. The van der Waals surface area contributed by atoms with Crippen LogP contribution >= 0.6 is 0 Å². The summed E-state index contributed by atoms with van der Waals surface area (Å²) in [5, 5.41) is 8.14. The zero-order valence-electron chi connectivity index (χ0n) is 6.49. The molecule has 0 amide bonds. The van der Waals surface area contributed by atoms with E-state index in [0.29, 0.717) is 0 Å². The molecule has 0 saturated heterocycles. The summed E-state index contributed by atoms with van der Waals surface area (Å²) in [5.74, 6) is -1.97. The van der Waals surface area contributed by atoms with Crippen LogP contribution in [0.1, 0.15) is 6.42 Å². The third-order valence-electron chi connectivity index (χ3n) is 0.878. The number of aliphatic carboxylic acids is 1. The standard InChI is InChI=1S/C7H10O5/c1-2-11-3-4-12-7(10)5-6(8)9/h2H,1,3-5H2,(H,8,9). The summed E-state index contributed by atoms with van der Waals surface area (Å²) < 4.78 is 9.09. The molecule has 0 fully saturated rings. The highest BCUT2D eigenvalue weighted by Gasteiger charge is 2.07. The van der Waals surface area contributed by atoms with Crippen molar-refractivity contribution in [2.24, 2.45) is 0 Å². The normalized spacial score (nSPS) is 8.67. The third kappa shape index (κ3) is 6.60. The summed E-state index contributed by atoms with van der Waals surface area (Å²) in [6, 6.07) is 0. The van der Waals surface area contributed by atoms with Crippen LogP contribution in [0.15, 0.2) is 12.8 Å². The van der Waals surface area contributed by atoms with Crippen LogP contribution in [0.2, 0.25) is 0 Å². The fourth-order valence-corrected chi connectivity index (χ4v) is 0.461. The third-order valence-corrected chi connectivity index (χ3v) is 0.878. The van der Waals surface area contributed by atoms with E-state index < -0.39 is 18.4 Å². The van der Waals surface area contributed by atoms with E-state index in [4.69, 9.17) is 5.11 Å². The van der Waals surface area contributed by atoms with Gasteiger partial charge in [0, 0.05) is 0 Å². The van der Waals surface area contributed by atoms with Gasteiger partial charge in [-0.15, -0.1) is 0 Å². The molecule has 0 spiro atoms. The summed E-state index contributed by atoms with van der Waals surface area (Å²) in [7, 11) is 0. The van der Waals surface area contributed by atoms with Crippen LogP contribution in [-0.4, -0.2) is 30.3 Å². The molecule has 0 aromatic heterocycles. The van der Waals surface area contributed by atoms with Gasteiger partial charge in [0.05, 0.1) is 6.26 Å². The molecule has 0 bridgehead atoms. The van der Waals surface area contributed by atoms with Crippen molar-refractivity contribution in [1.29, 1.82) is 0 Å². The Labute approximate surface area is 69.6 Å². The first-order valence-corrected chi connectivity index (χ1v) is 3.26. The lowest BCUT2D eigenvalue weighted by atomic mass is 10.4. The summed E-state index contributed by atoms with van der Waals surface area (Å²) >= 11 is 0. The van der Waals surface area contributed by atoms with E-state index in [9.17, 15) is 9.59 Å². The monoisotopic (exact) mass is 174 g/mol. The molecule has 0 heterocycles. The number of hydrogen-bond acceptors (Lipinski definition) is 4. The SMILES string of the molecule is C=COCCOC(=O)CC(=O)O. The minimum absolute atomic E-state index is 0.0398. The van der Waals surface area contributed by atoms with E-state index in [1.165, 1.54) is 6.26 Å². The Morgan fingerprint density at radius 1 is 1.42 bits per heavy atom. The minimum atomic E-state index is -1.20. The van der Waals surface area contributed by atoms with Crippen LogP contribution in [0.4, 0.5) is 0 Å². The molecule has 0 aromatic rings. The number of rotatable bonds is 6. The summed E-state index contributed by atoms with van der Waals surface area (Å²) in [6.07, 6.45) is 0.596. The van der Waals surface area contributed by atoms with E-state index in [0.717, 1.165) is 0 Å². The Balaban J connectivity index is 3.31. The van der Waals surface area contributed by atoms with Crippen molar-refractivity contribution in [2.75, 3.05) is 13.2 Å². The predicted octanol–water partition coefficient (Wildman–Crippen LogP) is 0.164. The highest BCUT2D eigenvalue weighted by molar-refractivity contribution is 5.90. The Morgan fingerprint density at radius 2 is 2.08 bits per heavy atom. The number of carboxylic acid groups (broad SMARTS) is 1. The molecule has 0 aromatic carbocycles. The summed E-state index contributed by atoms with van der Waals surface area (Å²) in [4.78, 5) is 20.5. The number of carboxylic acids is 1. The number of hydrogen-bond donors (Lipinski definition) is 1. The Hall–Kier alpha value is -1.52. The first-order chi connectivity index (χ1) is 5.66. The summed E-state index contributed by atoms with van der Waals surface area (Å²) in [5.41, 5.74) is 0. The van der Waals surface area contributed by atoms with Crippen molar-refractivity contribution < 1.29 is 24.2 Å². The average Bonchev–Trinajstić information content (AvgIpc) is 1.97. The van der Waals surface area contributed by atoms with Crippen molar-refractivity contribution in [1.82, 2.24) is 0 Å². The van der Waals surface area contributed by atoms with Crippen LogP contribution < -0.4 is 0 Å². The van der Waals surface area contributed by atoms with Gasteiger partial charge in [0.2, 0.25) is 0 Å². The van der Waals surface area contributed by atoms with Gasteiger partial charge < -0.3 is 14.6 Å². The van der Waals surface area contributed by atoms with Crippen LogP contribution in [0.3, 0.4) is 0 Å². The van der Waals surface area contributed by atoms with Crippen LogP contribution in [0.5, 0.6) is 0 Å². The van der Waals surface area contributed by atoms with E-state index in [1.54, 1.807) is 0 Å². The second-order valence-electron chi connectivity index (χ2n) is 1.83. The number of carbonyl (C=O) groups is 2. The molecule has 0 rings (SSSR count). The Bertz CT molecular complexity index is 175. The zero-order valence-corrected chi connectivity index (χ0v) is 6.49. The van der Waals surface area contributed by atoms with Crippen molar-refractivity contribution in [3.63, 3.8) is 0 Å². The first-order valence-electron chi connectivity index (χ1n) is 3.26. The number of carbonyl (C=O) groups excluding carboxylic acids is 1. The molecule has 0 radical (unpaired) electrons. The molecule has 12 heavy (non-hydrogen) atoms. The van der Waals surface area contributed by atoms with Gasteiger partial charge in [0.1, 0.15) is 19.6 Å². The molecule has 5 nitrogen and oxygen atoms in total. The van der Waals surface area contributed by atoms with Crippen LogP contribution in [0, 0.1) is 0 Å². The average molecular weight is 174 g/mol. The molecule has 68 valence electrons. The van der Waals surface area contributed by atoms with Crippen molar-refractivity contribution in [3.05, 3.63) is 12.8 Å². The van der Waals surface area contributed by atoms with E-state index in [-0.39, 0.29) is 13.2 Å². The van der Waals surface area contributed by atoms with Gasteiger partial charge in [-0.2, -0.15) is 0 Å². The quantitative estimate of drug-likeness (QED) is 0.269. The lowest BCUT2D eigenvalue weighted by Crippen LogP contribution is -2.13. The molecule has 0 saturated carbocycles. The molecular formula is C7H10O5. The first kappa shape index (κ1) is 10.5. The second-order valence-corrected chi connectivity index (χ2v) is 1.83. The smallest absolute Gasteiger partial charge is 0.317 e. The maximum Gasteiger partial charge on any atom is 0.317 e. The Kier molecular flexibility index (Phi) is 5.42. The Morgan fingerprint density at radius 3 is 2.58 bits per heavy atom. The topological polar surface area (TPSA) is 72.8 Å². The van der Waals surface area contributed by atoms with E-state index in [1.807, 2.05) is 0 Å². The fraction of sp³-hybridized carbons (Fsp3) is 0.429. The molecule has 5 heteroatoms. The van der Waals surface area contributed by atoms with E-state index >= 15 is 0 Å². The van der Waals surface area contributed by atoms with Crippen LogP contribution in [0.25, 0.3) is 0 Å². The molecule has 0 aliphatic heterocycles. The minimum Gasteiger partial charge on any atom is -0.498 e. The summed E-state index contributed by atoms with van der Waals surface area (Å²) in [6.45, 7) is 3.50. The van der Waals surface area contributed by atoms with Crippen LogP contribution in [-0.2, 0) is 19.1 Å². The van der Waals surface area contributed by atoms with Gasteiger partial charge >= 0.3 is 11.9 Å². The number of esters is 1.